The Morgan fingerprint density at radius 2 is 1.88 bits per heavy atom. The number of aliphatic imine (C=N–C) groups is 1. The van der Waals surface area contributed by atoms with Gasteiger partial charge in [-0.1, -0.05) is 44.7 Å². The summed E-state index contributed by atoms with van der Waals surface area (Å²) >= 11 is 0. The van der Waals surface area contributed by atoms with Gasteiger partial charge in [-0.25, -0.2) is 4.99 Å². The molecule has 0 aromatic heterocycles. The molecule has 96 valence electrons. The van der Waals surface area contributed by atoms with Crippen molar-refractivity contribution in [2.24, 2.45) is 16.3 Å². The fourth-order valence-corrected chi connectivity index (χ4v) is 1.74. The van der Waals surface area contributed by atoms with E-state index in [0.717, 1.165) is 11.5 Å². The SMILES string of the molecule is C=C/C=C(\C)C(C)(C(=C)/N=C(\C)NC)C(C)C. The molecule has 0 rings (SSSR count). The van der Waals surface area contributed by atoms with E-state index in [1.807, 2.05) is 26.1 Å². The molecule has 0 aliphatic rings. The van der Waals surface area contributed by atoms with Crippen LogP contribution in [0, 0.1) is 11.3 Å². The highest BCUT2D eigenvalue weighted by Crippen LogP contribution is 2.42. The van der Waals surface area contributed by atoms with Crippen molar-refractivity contribution >= 4 is 5.84 Å². The summed E-state index contributed by atoms with van der Waals surface area (Å²) in [6, 6.07) is 0. The van der Waals surface area contributed by atoms with Gasteiger partial charge in [-0.2, -0.15) is 0 Å². The zero-order valence-corrected chi connectivity index (χ0v) is 12.1. The van der Waals surface area contributed by atoms with Crippen LogP contribution in [0.15, 0.2) is 41.6 Å². The summed E-state index contributed by atoms with van der Waals surface area (Å²) in [4.78, 5) is 4.53. The fraction of sp³-hybridized carbons (Fsp3) is 0.533. The first-order valence-corrected chi connectivity index (χ1v) is 6.02. The molecule has 0 saturated heterocycles. The lowest BCUT2D eigenvalue weighted by Crippen LogP contribution is -2.28. The van der Waals surface area contributed by atoms with Crippen molar-refractivity contribution in [2.75, 3.05) is 7.05 Å². The van der Waals surface area contributed by atoms with E-state index in [0.29, 0.717) is 5.92 Å². The molecule has 1 N–H and O–H groups in total. The van der Waals surface area contributed by atoms with Gasteiger partial charge in [0.2, 0.25) is 0 Å². The maximum atomic E-state index is 4.53. The molecule has 1 atom stereocenters. The summed E-state index contributed by atoms with van der Waals surface area (Å²) in [6.07, 6.45) is 3.85. The van der Waals surface area contributed by atoms with Crippen molar-refractivity contribution < 1.29 is 0 Å². The van der Waals surface area contributed by atoms with Crippen LogP contribution in [0.4, 0.5) is 0 Å². The van der Waals surface area contributed by atoms with Crippen LogP contribution in [-0.4, -0.2) is 12.9 Å². The lowest BCUT2D eigenvalue weighted by Gasteiger charge is -2.35. The van der Waals surface area contributed by atoms with Gasteiger partial charge in [0.1, 0.15) is 0 Å². The van der Waals surface area contributed by atoms with Crippen molar-refractivity contribution in [1.29, 1.82) is 0 Å². The van der Waals surface area contributed by atoms with Crippen LogP contribution >= 0.6 is 0 Å². The number of nitrogens with one attached hydrogen (secondary N) is 1. The van der Waals surface area contributed by atoms with Gasteiger partial charge in [-0.05, 0) is 26.7 Å². The summed E-state index contributed by atoms with van der Waals surface area (Å²) in [5.41, 5.74) is 1.99. The van der Waals surface area contributed by atoms with Crippen LogP contribution in [0.2, 0.25) is 0 Å². The van der Waals surface area contributed by atoms with Crippen LogP contribution in [0.3, 0.4) is 0 Å². The monoisotopic (exact) mass is 234 g/mol. The molecule has 0 heterocycles. The van der Waals surface area contributed by atoms with Crippen LogP contribution in [0.25, 0.3) is 0 Å². The smallest absolute Gasteiger partial charge is 0.0984 e. The number of allylic oxidation sites excluding steroid dienone is 3. The Bertz CT molecular complexity index is 348. The first-order valence-electron chi connectivity index (χ1n) is 6.02. The van der Waals surface area contributed by atoms with Gasteiger partial charge < -0.3 is 5.32 Å². The molecule has 0 amide bonds. The van der Waals surface area contributed by atoms with Gasteiger partial charge in [-0.3, -0.25) is 0 Å². The predicted molar refractivity (Wildman–Crippen MR) is 78.2 cm³/mol. The minimum Gasteiger partial charge on any atom is -0.377 e. The van der Waals surface area contributed by atoms with Crippen LogP contribution in [0.1, 0.15) is 34.6 Å². The maximum Gasteiger partial charge on any atom is 0.0984 e. The van der Waals surface area contributed by atoms with E-state index in [1.54, 1.807) is 0 Å². The van der Waals surface area contributed by atoms with E-state index in [2.05, 4.69) is 51.2 Å². The second-order valence-corrected chi connectivity index (χ2v) is 4.84. The Kier molecular flexibility index (Phi) is 5.94. The standard InChI is InChI=1S/C15H26N2/c1-9-10-12(4)15(7,11(2)3)13(5)17-14(6)16-8/h9-11H,1,5H2,2-4,6-8H3,(H,16,17)/b12-10+. The third-order valence-electron chi connectivity index (χ3n) is 3.61. The second-order valence-electron chi connectivity index (χ2n) is 4.84. The molecule has 0 bridgehead atoms. The van der Waals surface area contributed by atoms with Crippen molar-refractivity contribution in [3.63, 3.8) is 0 Å². The molecule has 0 saturated carbocycles. The van der Waals surface area contributed by atoms with E-state index in [-0.39, 0.29) is 5.41 Å². The van der Waals surface area contributed by atoms with E-state index in [4.69, 9.17) is 0 Å². The average molecular weight is 234 g/mol. The van der Waals surface area contributed by atoms with E-state index in [9.17, 15) is 0 Å². The molecule has 2 nitrogen and oxygen atoms in total. The highest BCUT2D eigenvalue weighted by Gasteiger charge is 2.33. The molecule has 2 heteroatoms. The Hall–Kier alpha value is -1.31. The molecule has 0 aliphatic carbocycles. The normalized spacial score (nSPS) is 16.6. The summed E-state index contributed by atoms with van der Waals surface area (Å²) in [5.74, 6) is 1.31. The largest absolute Gasteiger partial charge is 0.377 e. The van der Waals surface area contributed by atoms with E-state index < -0.39 is 0 Å². The molecule has 0 aliphatic heterocycles. The first kappa shape index (κ1) is 15.7. The summed E-state index contributed by atoms with van der Waals surface area (Å²) in [5, 5.41) is 3.03. The van der Waals surface area contributed by atoms with E-state index >= 15 is 0 Å². The van der Waals surface area contributed by atoms with Crippen LogP contribution in [0.5, 0.6) is 0 Å². The van der Waals surface area contributed by atoms with Gasteiger partial charge in [0.25, 0.3) is 0 Å². The Morgan fingerprint density at radius 1 is 1.35 bits per heavy atom. The highest BCUT2D eigenvalue weighted by molar-refractivity contribution is 5.80. The summed E-state index contributed by atoms with van der Waals surface area (Å²) in [7, 11) is 1.87. The number of rotatable bonds is 5. The van der Waals surface area contributed by atoms with Gasteiger partial charge in [0.05, 0.1) is 5.84 Å². The number of hydrogen-bond acceptors (Lipinski definition) is 1. The maximum absolute atomic E-state index is 4.53. The lowest BCUT2D eigenvalue weighted by molar-refractivity contribution is 0.334. The fourth-order valence-electron chi connectivity index (χ4n) is 1.74. The zero-order chi connectivity index (χ0) is 13.6. The Balaban J connectivity index is 5.45. The molecule has 0 radical (unpaired) electrons. The van der Waals surface area contributed by atoms with Crippen LogP contribution in [-0.2, 0) is 0 Å². The highest BCUT2D eigenvalue weighted by atomic mass is 15.0. The number of amidine groups is 1. The molecule has 0 aromatic rings. The van der Waals surface area contributed by atoms with Gasteiger partial charge >= 0.3 is 0 Å². The van der Waals surface area contributed by atoms with Gasteiger partial charge in [0.15, 0.2) is 0 Å². The third-order valence-corrected chi connectivity index (χ3v) is 3.61. The topological polar surface area (TPSA) is 24.4 Å². The lowest BCUT2D eigenvalue weighted by atomic mass is 9.71. The minimum absolute atomic E-state index is 0.133. The molecule has 0 spiro atoms. The van der Waals surface area contributed by atoms with Crippen molar-refractivity contribution in [3.05, 3.63) is 36.6 Å². The Labute approximate surface area is 106 Å². The van der Waals surface area contributed by atoms with E-state index in [1.165, 1.54) is 5.57 Å². The molecular weight excluding hydrogens is 208 g/mol. The average Bonchev–Trinajstić information content (AvgIpc) is 2.27. The number of nitrogens with zero attached hydrogens (tertiary/aromatic N) is 1. The molecule has 17 heavy (non-hydrogen) atoms. The van der Waals surface area contributed by atoms with Crippen LogP contribution < -0.4 is 5.32 Å². The zero-order valence-electron chi connectivity index (χ0n) is 12.1. The van der Waals surface area contributed by atoms with Crippen molar-refractivity contribution in [3.8, 4) is 0 Å². The van der Waals surface area contributed by atoms with Gasteiger partial charge in [0, 0.05) is 18.2 Å². The second kappa shape index (κ2) is 6.43. The molecule has 0 fully saturated rings. The summed E-state index contributed by atoms with van der Waals surface area (Å²) < 4.78 is 0. The quantitative estimate of drug-likeness (QED) is 0.435. The molecular formula is C15H26N2. The number of hydrogen-bond donors (Lipinski definition) is 1. The molecule has 0 aromatic carbocycles. The first-order chi connectivity index (χ1) is 7.80. The third kappa shape index (κ3) is 3.58. The molecule has 1 unspecified atom stereocenters. The van der Waals surface area contributed by atoms with Crippen molar-refractivity contribution in [1.82, 2.24) is 5.32 Å². The van der Waals surface area contributed by atoms with Crippen molar-refractivity contribution in [2.45, 2.75) is 34.6 Å². The van der Waals surface area contributed by atoms with Gasteiger partial charge in [-0.15, -0.1) is 0 Å². The summed E-state index contributed by atoms with van der Waals surface area (Å²) in [6.45, 7) is 18.5. The minimum atomic E-state index is -0.133. The predicted octanol–water partition coefficient (Wildman–Crippen LogP) is 3.93. The Morgan fingerprint density at radius 3 is 2.24 bits per heavy atom.